The van der Waals surface area contributed by atoms with Crippen LogP contribution in [0.5, 0.6) is 0 Å². The summed E-state index contributed by atoms with van der Waals surface area (Å²) in [7, 11) is 18.0. The normalized spacial score (nSPS) is 17.3. The fraction of sp³-hybridized carbons (Fsp3) is 0.341. The van der Waals surface area contributed by atoms with Gasteiger partial charge in [0.1, 0.15) is 0 Å². The van der Waals surface area contributed by atoms with Gasteiger partial charge in [0, 0.05) is 0 Å². The van der Waals surface area contributed by atoms with Crippen LogP contribution >= 0.6 is 17.0 Å². The van der Waals surface area contributed by atoms with Gasteiger partial charge in [-0.05, 0) is 0 Å². The fourth-order valence-electron chi connectivity index (χ4n) is 7.90. The minimum absolute atomic E-state index is 0.0251. The number of hydrogen-bond donors (Lipinski definition) is 0. The quantitative estimate of drug-likeness (QED) is 0.195. The minimum atomic E-state index is -5.54. The van der Waals surface area contributed by atoms with E-state index >= 15 is 0 Å². The zero-order valence-corrected chi connectivity index (χ0v) is 33.8. The molecule has 2 aliphatic carbocycles. The number of fused-ring (bicyclic) bond motifs is 3. The molecule has 1 atom stereocenters. The molecule has 4 aromatic carbocycles. The molecule has 47 heavy (non-hydrogen) atoms. The van der Waals surface area contributed by atoms with Crippen molar-refractivity contribution in [2.24, 2.45) is 5.41 Å². The first-order valence-electron chi connectivity index (χ1n) is 17.1. The summed E-state index contributed by atoms with van der Waals surface area (Å²) in [5.41, 5.74) is 12.4. The molecule has 0 heterocycles. The Bertz CT molecular complexity index is 1880. The Labute approximate surface area is 291 Å². The molecule has 0 fully saturated rings. The summed E-state index contributed by atoms with van der Waals surface area (Å²) in [6.07, 6.45) is 4.84. The van der Waals surface area contributed by atoms with Gasteiger partial charge in [-0.2, -0.15) is 0 Å². The van der Waals surface area contributed by atoms with Crippen LogP contribution in [0, 0.1) is 5.41 Å². The topological polar surface area (TPSA) is 0 Å². The molecule has 6 rings (SSSR count). The molecule has 0 aromatic heterocycles. The van der Waals surface area contributed by atoms with Crippen LogP contribution < -0.4 is 0 Å². The van der Waals surface area contributed by atoms with Crippen molar-refractivity contribution in [2.75, 3.05) is 0 Å². The van der Waals surface area contributed by atoms with E-state index in [0.29, 0.717) is 0 Å². The molecule has 0 N–H and O–H groups in total. The summed E-state index contributed by atoms with van der Waals surface area (Å²) in [6.45, 7) is 22.9. The van der Waals surface area contributed by atoms with Gasteiger partial charge in [0.2, 0.25) is 0 Å². The first-order valence-corrected chi connectivity index (χ1v) is 27.5. The second-order valence-corrected chi connectivity index (χ2v) is 37.7. The van der Waals surface area contributed by atoms with Gasteiger partial charge in [0.15, 0.2) is 0 Å². The third kappa shape index (κ3) is 5.88. The van der Waals surface area contributed by atoms with Crippen LogP contribution in [0.15, 0.2) is 120 Å². The van der Waals surface area contributed by atoms with E-state index in [2.05, 4.69) is 178 Å². The Kier molecular flexibility index (Phi) is 8.56. The Balaban J connectivity index is 1.87. The van der Waals surface area contributed by atoms with Crippen molar-refractivity contribution in [2.45, 2.75) is 87.3 Å². The standard InChI is InChI=1S/C21H25.C13H10.C10H15.2ClH.Zr/c1-20(2,3)16-7-9-18-14(12-16)11-15-13-17(21(4,5)6)8-10-19(15)18;1-3-7-12(8-4-1)11-13-9-5-2-6-10-13;1-8-5-6-9(7-8)10(2,3)4;;;/h7-13H,1-6H3;1-10H;5-7H,1-4H3;2*1H;/q;;;;;+2/p-2. The van der Waals surface area contributed by atoms with Gasteiger partial charge in [-0.3, -0.25) is 0 Å². The third-order valence-electron chi connectivity index (χ3n) is 10.5. The van der Waals surface area contributed by atoms with Crippen LogP contribution in [0.4, 0.5) is 0 Å². The van der Waals surface area contributed by atoms with Crippen LogP contribution in [-0.2, 0) is 26.7 Å². The first kappa shape index (κ1) is 34.6. The van der Waals surface area contributed by atoms with E-state index in [1.54, 1.807) is 0 Å². The van der Waals surface area contributed by atoms with Gasteiger partial charge in [0.25, 0.3) is 0 Å². The molecule has 1 unspecified atom stereocenters. The van der Waals surface area contributed by atoms with Crippen LogP contribution in [0.3, 0.4) is 0 Å². The third-order valence-corrected chi connectivity index (χ3v) is 30.4. The average Bonchev–Trinajstić information content (AvgIpc) is 3.56. The van der Waals surface area contributed by atoms with E-state index in [1.165, 1.54) is 44.5 Å². The summed E-state index contributed by atoms with van der Waals surface area (Å²) >= 11 is -5.54. The second-order valence-electron chi connectivity index (χ2n) is 17.0. The molecule has 0 spiro atoms. The van der Waals surface area contributed by atoms with E-state index in [1.807, 2.05) is 0 Å². The number of rotatable bonds is 4. The van der Waals surface area contributed by atoms with Crippen LogP contribution in [-0.4, -0.2) is 3.21 Å². The van der Waals surface area contributed by atoms with Gasteiger partial charge >= 0.3 is 294 Å². The maximum absolute atomic E-state index is 8.99. The maximum atomic E-state index is 8.99. The van der Waals surface area contributed by atoms with Crippen LogP contribution in [0.2, 0.25) is 3.63 Å². The second kappa shape index (κ2) is 11.6. The van der Waals surface area contributed by atoms with Crippen molar-refractivity contribution in [3.63, 3.8) is 0 Å². The van der Waals surface area contributed by atoms with Gasteiger partial charge in [-0.15, -0.1) is 0 Å². The Morgan fingerprint density at radius 3 is 1.36 bits per heavy atom. The van der Waals surface area contributed by atoms with Crippen molar-refractivity contribution in [3.8, 4) is 11.1 Å². The molecule has 0 saturated heterocycles. The molecule has 244 valence electrons. The summed E-state index contributed by atoms with van der Waals surface area (Å²) in [5, 5.41) is 0. The number of benzene rings is 4. The van der Waals surface area contributed by atoms with Crippen molar-refractivity contribution >= 4 is 20.2 Å². The zero-order valence-electron chi connectivity index (χ0n) is 29.8. The molecule has 0 amide bonds. The fourth-order valence-corrected chi connectivity index (χ4v) is 29.4. The van der Waals surface area contributed by atoms with Crippen molar-refractivity contribution < 1.29 is 15.9 Å². The van der Waals surface area contributed by atoms with E-state index in [0.717, 1.165) is 14.3 Å². The van der Waals surface area contributed by atoms with E-state index in [-0.39, 0.29) is 23.5 Å². The van der Waals surface area contributed by atoms with Crippen molar-refractivity contribution in [3.05, 3.63) is 154 Å². The van der Waals surface area contributed by atoms with Gasteiger partial charge in [-0.25, -0.2) is 0 Å². The van der Waals surface area contributed by atoms with Crippen LogP contribution in [0.25, 0.3) is 11.1 Å². The Morgan fingerprint density at radius 2 is 1.00 bits per heavy atom. The van der Waals surface area contributed by atoms with Gasteiger partial charge in [-0.1, -0.05) is 0 Å². The molecular formula is C44H50Cl2Zr. The van der Waals surface area contributed by atoms with Crippen LogP contribution in [0.1, 0.15) is 106 Å². The number of hydrogen-bond acceptors (Lipinski definition) is 0. The number of halogens is 2. The average molecular weight is 741 g/mol. The van der Waals surface area contributed by atoms with E-state index in [4.69, 9.17) is 17.0 Å². The summed E-state index contributed by atoms with van der Waals surface area (Å²) in [6, 6.07) is 35.8. The Morgan fingerprint density at radius 1 is 0.574 bits per heavy atom. The first-order chi connectivity index (χ1) is 21.8. The SMILES string of the molecule is CC1=CC(C(C)(C)C)=C[CH]1[Zr]([Cl])([Cl])(=[C](c1ccccc1)c1ccccc1)[CH]1c2cc(C(C)(C)C)ccc2-c2ccc(C(C)(C)C)cc21. The monoisotopic (exact) mass is 738 g/mol. The predicted octanol–water partition coefficient (Wildman–Crippen LogP) is 13.3. The van der Waals surface area contributed by atoms with E-state index < -0.39 is 15.9 Å². The summed E-state index contributed by atoms with van der Waals surface area (Å²) in [4.78, 5) is 0. The molecule has 0 aliphatic heterocycles. The van der Waals surface area contributed by atoms with Crippen molar-refractivity contribution in [1.29, 1.82) is 0 Å². The van der Waals surface area contributed by atoms with Gasteiger partial charge < -0.3 is 0 Å². The number of allylic oxidation sites excluding steroid dienone is 4. The molecule has 3 heteroatoms. The molecule has 0 bridgehead atoms. The van der Waals surface area contributed by atoms with Crippen molar-refractivity contribution in [1.82, 2.24) is 0 Å². The zero-order chi connectivity index (χ0) is 34.2. The molecule has 0 nitrogen and oxygen atoms in total. The summed E-state index contributed by atoms with van der Waals surface area (Å²) in [5.74, 6) is 0. The molecule has 2 aliphatic rings. The molecular weight excluding hydrogens is 691 g/mol. The molecule has 0 saturated carbocycles. The molecule has 4 aromatic rings. The van der Waals surface area contributed by atoms with E-state index in [9.17, 15) is 0 Å². The molecule has 0 radical (unpaired) electrons. The van der Waals surface area contributed by atoms with Gasteiger partial charge in [0.05, 0.1) is 0 Å². The Hall–Kier alpha value is -2.31. The predicted molar refractivity (Wildman–Crippen MR) is 204 cm³/mol. The summed E-state index contributed by atoms with van der Waals surface area (Å²) < 4.78 is 0.893.